The van der Waals surface area contributed by atoms with Gasteiger partial charge in [0.2, 0.25) is 5.91 Å². The Kier molecular flexibility index (Phi) is 4.83. The third kappa shape index (κ3) is 3.48. The number of ether oxygens (including phenoxy) is 1. The van der Waals surface area contributed by atoms with Crippen molar-refractivity contribution in [1.82, 2.24) is 15.2 Å². The highest BCUT2D eigenvalue weighted by molar-refractivity contribution is 5.85. The summed E-state index contributed by atoms with van der Waals surface area (Å²) in [6.45, 7) is 1.49. The zero-order valence-corrected chi connectivity index (χ0v) is 13.3. The number of carbonyl (C=O) groups is 1. The largest absolute Gasteiger partial charge is 0.490 e. The molecule has 1 aromatic carbocycles. The van der Waals surface area contributed by atoms with E-state index in [1.165, 1.54) is 0 Å². The van der Waals surface area contributed by atoms with Gasteiger partial charge in [-0.2, -0.15) is 0 Å². The maximum Gasteiger partial charge on any atom is 0.237 e. The van der Waals surface area contributed by atoms with E-state index in [4.69, 9.17) is 4.74 Å². The Balaban J connectivity index is 1.56. The number of benzene rings is 1. The number of nitrogens with one attached hydrogen (secondary N) is 2. The lowest BCUT2D eigenvalue weighted by Crippen LogP contribution is -2.45. The number of β-amino-alcohol motifs (C(OH)–C–C–N with tert-alkyl or cyclic N) is 1. The van der Waals surface area contributed by atoms with E-state index in [1.54, 1.807) is 7.05 Å². The molecule has 2 unspecified atom stereocenters. The molecule has 2 heterocycles. The van der Waals surface area contributed by atoms with Crippen molar-refractivity contribution in [3.63, 3.8) is 0 Å². The summed E-state index contributed by atoms with van der Waals surface area (Å²) in [5.74, 6) is 0.778. The fourth-order valence-electron chi connectivity index (χ4n) is 3.20. The summed E-state index contributed by atoms with van der Waals surface area (Å²) in [6, 6.07) is 7.62. The number of aliphatic hydroxyl groups is 1. The zero-order valence-electron chi connectivity index (χ0n) is 13.3. The van der Waals surface area contributed by atoms with E-state index in [-0.39, 0.29) is 18.6 Å². The van der Waals surface area contributed by atoms with Crippen LogP contribution in [0.15, 0.2) is 30.5 Å². The molecule has 0 saturated carbocycles. The first kappa shape index (κ1) is 15.8. The molecule has 1 aliphatic heterocycles. The SMILES string of the molecule is CNC(=O)C1CCCN1CC(O)COc1cccc2[nH]ccc12. The van der Waals surface area contributed by atoms with Crippen molar-refractivity contribution < 1.29 is 14.6 Å². The van der Waals surface area contributed by atoms with Crippen molar-refractivity contribution in [2.75, 3.05) is 26.7 Å². The van der Waals surface area contributed by atoms with Crippen molar-refractivity contribution in [2.45, 2.75) is 25.0 Å². The molecule has 1 aliphatic rings. The number of carbonyl (C=O) groups excluding carboxylic acids is 1. The lowest BCUT2D eigenvalue weighted by molar-refractivity contribution is -0.125. The molecule has 2 aromatic rings. The molecule has 0 spiro atoms. The third-order valence-corrected chi connectivity index (χ3v) is 4.34. The number of aromatic amines is 1. The fraction of sp³-hybridized carbons (Fsp3) is 0.471. The molecule has 2 atom stereocenters. The van der Waals surface area contributed by atoms with Gasteiger partial charge in [-0.3, -0.25) is 9.69 Å². The van der Waals surface area contributed by atoms with Gasteiger partial charge in [0.25, 0.3) is 0 Å². The molecule has 3 N–H and O–H groups in total. The Bertz CT molecular complexity index is 670. The Labute approximate surface area is 135 Å². The second kappa shape index (κ2) is 7.02. The van der Waals surface area contributed by atoms with Crippen LogP contribution < -0.4 is 10.1 Å². The van der Waals surface area contributed by atoms with Crippen LogP contribution in [0.1, 0.15) is 12.8 Å². The molecule has 3 rings (SSSR count). The number of likely N-dealkylation sites (N-methyl/N-ethyl adjacent to an activating group) is 1. The normalized spacial score (nSPS) is 19.8. The van der Waals surface area contributed by atoms with E-state index in [0.29, 0.717) is 6.54 Å². The minimum absolute atomic E-state index is 0.0210. The Morgan fingerprint density at radius 2 is 2.39 bits per heavy atom. The highest BCUT2D eigenvalue weighted by Gasteiger charge is 2.31. The summed E-state index contributed by atoms with van der Waals surface area (Å²) < 4.78 is 5.77. The van der Waals surface area contributed by atoms with Crippen LogP contribution in [0.4, 0.5) is 0 Å². The molecule has 1 amide bonds. The summed E-state index contributed by atoms with van der Waals surface area (Å²) >= 11 is 0. The van der Waals surface area contributed by atoms with Gasteiger partial charge in [-0.05, 0) is 37.6 Å². The average Bonchev–Trinajstić information content (AvgIpc) is 3.21. The molecule has 6 heteroatoms. The summed E-state index contributed by atoms with van der Waals surface area (Å²) in [6.07, 6.45) is 3.06. The van der Waals surface area contributed by atoms with Crippen molar-refractivity contribution in [3.05, 3.63) is 30.5 Å². The molecular weight excluding hydrogens is 294 g/mol. The summed E-state index contributed by atoms with van der Waals surface area (Å²) in [7, 11) is 1.65. The number of aromatic nitrogens is 1. The van der Waals surface area contributed by atoms with E-state index in [1.807, 2.05) is 35.4 Å². The Hall–Kier alpha value is -2.05. The van der Waals surface area contributed by atoms with E-state index in [9.17, 15) is 9.90 Å². The van der Waals surface area contributed by atoms with E-state index in [2.05, 4.69) is 10.3 Å². The second-order valence-electron chi connectivity index (χ2n) is 5.93. The van der Waals surface area contributed by atoms with Crippen LogP contribution in [0.2, 0.25) is 0 Å². The molecule has 23 heavy (non-hydrogen) atoms. The highest BCUT2D eigenvalue weighted by Crippen LogP contribution is 2.24. The number of aliphatic hydroxyl groups excluding tert-OH is 1. The van der Waals surface area contributed by atoms with Gasteiger partial charge in [0.05, 0.1) is 6.04 Å². The smallest absolute Gasteiger partial charge is 0.237 e. The van der Waals surface area contributed by atoms with Gasteiger partial charge in [-0.25, -0.2) is 0 Å². The first-order chi connectivity index (χ1) is 11.2. The molecule has 124 valence electrons. The minimum atomic E-state index is -0.630. The molecule has 1 fully saturated rings. The first-order valence-electron chi connectivity index (χ1n) is 8.01. The van der Waals surface area contributed by atoms with Gasteiger partial charge in [0.1, 0.15) is 18.5 Å². The summed E-state index contributed by atoms with van der Waals surface area (Å²) in [5.41, 5.74) is 1.01. The Morgan fingerprint density at radius 3 is 3.22 bits per heavy atom. The zero-order chi connectivity index (χ0) is 16.2. The average molecular weight is 317 g/mol. The topological polar surface area (TPSA) is 77.6 Å². The number of H-pyrrole nitrogens is 1. The van der Waals surface area contributed by atoms with Gasteiger partial charge in [0, 0.05) is 30.7 Å². The van der Waals surface area contributed by atoms with E-state index >= 15 is 0 Å². The summed E-state index contributed by atoms with van der Waals surface area (Å²) in [4.78, 5) is 17.0. The predicted octanol–water partition coefficient (Wildman–Crippen LogP) is 1.12. The van der Waals surface area contributed by atoms with Crippen molar-refractivity contribution in [3.8, 4) is 5.75 Å². The maximum absolute atomic E-state index is 11.8. The molecule has 1 saturated heterocycles. The van der Waals surface area contributed by atoms with Gasteiger partial charge in [0.15, 0.2) is 0 Å². The van der Waals surface area contributed by atoms with Gasteiger partial charge < -0.3 is 20.1 Å². The number of rotatable bonds is 6. The fourth-order valence-corrected chi connectivity index (χ4v) is 3.20. The number of hydrogen-bond acceptors (Lipinski definition) is 4. The van der Waals surface area contributed by atoms with Crippen LogP contribution in [0, 0.1) is 0 Å². The number of hydrogen-bond donors (Lipinski definition) is 3. The van der Waals surface area contributed by atoms with E-state index < -0.39 is 6.10 Å². The number of likely N-dealkylation sites (tertiary alicyclic amines) is 1. The van der Waals surface area contributed by atoms with Gasteiger partial charge >= 0.3 is 0 Å². The van der Waals surface area contributed by atoms with Crippen LogP contribution in [-0.2, 0) is 4.79 Å². The van der Waals surface area contributed by atoms with Crippen LogP contribution in [-0.4, -0.2) is 59.8 Å². The molecule has 1 aromatic heterocycles. The lowest BCUT2D eigenvalue weighted by Gasteiger charge is -2.25. The molecule has 0 radical (unpaired) electrons. The van der Waals surface area contributed by atoms with E-state index in [0.717, 1.165) is 36.0 Å². The van der Waals surface area contributed by atoms with Crippen molar-refractivity contribution >= 4 is 16.8 Å². The monoisotopic (exact) mass is 317 g/mol. The van der Waals surface area contributed by atoms with Crippen LogP contribution in [0.25, 0.3) is 10.9 Å². The molecule has 0 aliphatic carbocycles. The molecular formula is C17H23N3O3. The predicted molar refractivity (Wildman–Crippen MR) is 88.5 cm³/mol. The number of amides is 1. The maximum atomic E-state index is 11.8. The number of nitrogens with zero attached hydrogens (tertiary/aromatic N) is 1. The third-order valence-electron chi connectivity index (χ3n) is 4.34. The number of fused-ring (bicyclic) bond motifs is 1. The second-order valence-corrected chi connectivity index (χ2v) is 5.93. The van der Waals surface area contributed by atoms with Crippen molar-refractivity contribution in [1.29, 1.82) is 0 Å². The van der Waals surface area contributed by atoms with Crippen LogP contribution >= 0.6 is 0 Å². The van der Waals surface area contributed by atoms with Crippen molar-refractivity contribution in [2.24, 2.45) is 0 Å². The Morgan fingerprint density at radius 1 is 1.52 bits per heavy atom. The minimum Gasteiger partial charge on any atom is -0.490 e. The van der Waals surface area contributed by atoms with Gasteiger partial charge in [-0.1, -0.05) is 6.07 Å². The first-order valence-corrected chi connectivity index (χ1v) is 8.01. The quantitative estimate of drug-likeness (QED) is 0.746. The van der Waals surface area contributed by atoms with Gasteiger partial charge in [-0.15, -0.1) is 0 Å². The standard InChI is InChI=1S/C17H23N3O3/c1-18-17(22)15-5-3-9-20(15)10-12(21)11-23-16-6-2-4-14-13(16)7-8-19-14/h2,4,6-8,12,15,19,21H,3,5,9-11H2,1H3,(H,18,22). The van der Waals surface area contributed by atoms with Crippen LogP contribution in [0.5, 0.6) is 5.75 Å². The highest BCUT2D eigenvalue weighted by atomic mass is 16.5. The summed E-state index contributed by atoms with van der Waals surface area (Å²) in [5, 5.41) is 14.0. The van der Waals surface area contributed by atoms with Crippen LogP contribution in [0.3, 0.4) is 0 Å². The molecule has 6 nitrogen and oxygen atoms in total. The lowest BCUT2D eigenvalue weighted by atomic mass is 10.2. The molecule has 0 bridgehead atoms.